The number of fused-ring (bicyclic) bond motifs is 1. The maximum Gasteiger partial charge on any atom is 0.416 e. The summed E-state index contributed by atoms with van der Waals surface area (Å²) in [6.07, 6.45) is -4.38. The molecule has 0 saturated heterocycles. The molecule has 0 radical (unpaired) electrons. The Morgan fingerprint density at radius 1 is 0.875 bits per heavy atom. The maximum absolute atomic E-state index is 13.0. The second kappa shape index (κ2) is 8.23. The Morgan fingerprint density at radius 3 is 2.50 bits per heavy atom. The number of thioether (sulfide) groups is 1. The van der Waals surface area contributed by atoms with Gasteiger partial charge in [-0.3, -0.25) is 4.57 Å². The first-order valence-corrected chi connectivity index (χ1v) is 10.7. The van der Waals surface area contributed by atoms with Crippen molar-refractivity contribution in [2.24, 2.45) is 0 Å². The lowest BCUT2D eigenvalue weighted by atomic mass is 10.1. The van der Waals surface area contributed by atoms with Gasteiger partial charge in [0.15, 0.2) is 22.5 Å². The summed E-state index contributed by atoms with van der Waals surface area (Å²) >= 11 is 1.32. The van der Waals surface area contributed by atoms with E-state index in [9.17, 15) is 13.2 Å². The number of hydrogen-bond donors (Lipinski definition) is 0. The number of alkyl halides is 3. The van der Waals surface area contributed by atoms with Crippen LogP contribution in [0, 0.1) is 0 Å². The molecule has 3 aromatic carbocycles. The third-order valence-corrected chi connectivity index (χ3v) is 5.90. The van der Waals surface area contributed by atoms with Crippen LogP contribution in [0.1, 0.15) is 11.1 Å². The highest BCUT2D eigenvalue weighted by Gasteiger charge is 2.30. The van der Waals surface area contributed by atoms with Gasteiger partial charge in [-0.25, -0.2) is 0 Å². The highest BCUT2D eigenvalue weighted by Crippen LogP contribution is 2.37. The van der Waals surface area contributed by atoms with Crippen molar-refractivity contribution >= 4 is 11.8 Å². The van der Waals surface area contributed by atoms with Gasteiger partial charge in [0.1, 0.15) is 0 Å². The minimum Gasteiger partial charge on any atom is -0.454 e. The Bertz CT molecular complexity index is 1260. The molecular weight excluding hydrogens is 439 g/mol. The zero-order valence-corrected chi connectivity index (χ0v) is 17.4. The number of rotatable bonds is 5. The van der Waals surface area contributed by atoms with Gasteiger partial charge in [0.05, 0.1) is 5.56 Å². The molecule has 5 nitrogen and oxygen atoms in total. The summed E-state index contributed by atoms with van der Waals surface area (Å²) in [5.41, 5.74) is 1.52. The predicted molar refractivity (Wildman–Crippen MR) is 114 cm³/mol. The third-order valence-electron chi connectivity index (χ3n) is 4.90. The van der Waals surface area contributed by atoms with E-state index >= 15 is 0 Å². The molecule has 0 amide bonds. The molecule has 0 unspecified atom stereocenters. The summed E-state index contributed by atoms with van der Waals surface area (Å²) < 4.78 is 51.9. The van der Waals surface area contributed by atoms with Crippen LogP contribution in [0.25, 0.3) is 17.1 Å². The largest absolute Gasteiger partial charge is 0.454 e. The molecule has 9 heteroatoms. The van der Waals surface area contributed by atoms with Gasteiger partial charge in [-0.1, -0.05) is 48.2 Å². The highest BCUT2D eigenvalue weighted by molar-refractivity contribution is 7.98. The third kappa shape index (κ3) is 4.03. The Kier molecular flexibility index (Phi) is 5.26. The Balaban J connectivity index is 1.50. The van der Waals surface area contributed by atoms with Gasteiger partial charge in [-0.05, 0) is 42.0 Å². The number of para-hydroxylation sites is 1. The van der Waals surface area contributed by atoms with Crippen LogP contribution in [-0.4, -0.2) is 21.6 Å². The van der Waals surface area contributed by atoms with Gasteiger partial charge in [0.25, 0.3) is 0 Å². The summed E-state index contributed by atoms with van der Waals surface area (Å²) in [7, 11) is 0. The van der Waals surface area contributed by atoms with Gasteiger partial charge in [-0.15, -0.1) is 10.2 Å². The molecule has 1 aromatic heterocycles. The van der Waals surface area contributed by atoms with Gasteiger partial charge >= 0.3 is 6.18 Å². The molecule has 0 fully saturated rings. The van der Waals surface area contributed by atoms with E-state index < -0.39 is 11.7 Å². The fraction of sp³-hybridized carbons (Fsp3) is 0.130. The van der Waals surface area contributed by atoms with Crippen LogP contribution in [-0.2, 0) is 11.9 Å². The van der Waals surface area contributed by atoms with Crippen LogP contribution in [0.15, 0.2) is 78.0 Å². The molecule has 32 heavy (non-hydrogen) atoms. The van der Waals surface area contributed by atoms with E-state index in [1.165, 1.54) is 17.8 Å². The quantitative estimate of drug-likeness (QED) is 0.347. The molecule has 2 heterocycles. The number of halogens is 3. The van der Waals surface area contributed by atoms with Gasteiger partial charge in [0.2, 0.25) is 6.79 Å². The predicted octanol–water partition coefficient (Wildman–Crippen LogP) is 5.97. The van der Waals surface area contributed by atoms with Crippen molar-refractivity contribution in [3.8, 4) is 28.6 Å². The van der Waals surface area contributed by atoms with Crippen LogP contribution in [0.4, 0.5) is 13.2 Å². The van der Waals surface area contributed by atoms with E-state index in [1.807, 2.05) is 53.1 Å². The van der Waals surface area contributed by atoms with Crippen LogP contribution >= 0.6 is 11.8 Å². The van der Waals surface area contributed by atoms with Crippen molar-refractivity contribution in [3.63, 3.8) is 0 Å². The molecule has 0 bridgehead atoms. The molecule has 5 rings (SSSR count). The van der Waals surface area contributed by atoms with Crippen molar-refractivity contribution in [2.75, 3.05) is 6.79 Å². The molecule has 1 aliphatic heterocycles. The van der Waals surface area contributed by atoms with E-state index in [1.54, 1.807) is 6.07 Å². The first kappa shape index (κ1) is 20.4. The minimum atomic E-state index is -4.38. The summed E-state index contributed by atoms with van der Waals surface area (Å²) in [4.78, 5) is 0. The summed E-state index contributed by atoms with van der Waals surface area (Å²) in [5, 5.41) is 9.27. The standard InChI is InChI=1S/C23H16F3N3O2S/c24-23(25,26)17-6-4-5-15(11-17)13-32-22-28-27-21(29(22)18-7-2-1-3-8-18)16-9-10-19-20(12-16)31-14-30-19/h1-12H,13-14H2. The average molecular weight is 455 g/mol. The number of benzene rings is 3. The SMILES string of the molecule is FC(F)(F)c1cccc(CSc2nnc(-c3ccc4c(c3)OCO4)n2-c2ccccc2)c1. The molecule has 4 aromatic rings. The molecule has 0 atom stereocenters. The van der Waals surface area contributed by atoms with Crippen molar-refractivity contribution < 1.29 is 22.6 Å². The lowest BCUT2D eigenvalue weighted by molar-refractivity contribution is -0.137. The lowest BCUT2D eigenvalue weighted by Gasteiger charge is -2.11. The van der Waals surface area contributed by atoms with Gasteiger partial charge in [0, 0.05) is 17.0 Å². The number of aromatic nitrogens is 3. The van der Waals surface area contributed by atoms with E-state index in [4.69, 9.17) is 9.47 Å². The first-order valence-electron chi connectivity index (χ1n) is 9.69. The maximum atomic E-state index is 13.0. The Morgan fingerprint density at radius 2 is 1.69 bits per heavy atom. The van der Waals surface area contributed by atoms with Crippen LogP contribution in [0.3, 0.4) is 0 Å². The van der Waals surface area contributed by atoms with Crippen molar-refractivity contribution in [1.82, 2.24) is 14.8 Å². The van der Waals surface area contributed by atoms with Crippen molar-refractivity contribution in [2.45, 2.75) is 17.1 Å². The molecule has 1 aliphatic rings. The van der Waals surface area contributed by atoms with E-state index in [2.05, 4.69) is 10.2 Å². The van der Waals surface area contributed by atoms with E-state index in [0.29, 0.717) is 33.8 Å². The van der Waals surface area contributed by atoms with E-state index in [0.717, 1.165) is 23.4 Å². The van der Waals surface area contributed by atoms with Crippen LogP contribution in [0.2, 0.25) is 0 Å². The smallest absolute Gasteiger partial charge is 0.416 e. The molecule has 0 aliphatic carbocycles. The normalized spacial score (nSPS) is 12.8. The summed E-state index contributed by atoms with van der Waals surface area (Å²) in [5.74, 6) is 2.21. The van der Waals surface area contributed by atoms with Gasteiger partial charge < -0.3 is 9.47 Å². The minimum absolute atomic E-state index is 0.169. The van der Waals surface area contributed by atoms with E-state index in [-0.39, 0.29) is 6.79 Å². The van der Waals surface area contributed by atoms with Crippen molar-refractivity contribution in [3.05, 3.63) is 83.9 Å². The second-order valence-corrected chi connectivity index (χ2v) is 7.97. The fourth-order valence-corrected chi connectivity index (χ4v) is 4.28. The number of hydrogen-bond acceptors (Lipinski definition) is 5. The average Bonchev–Trinajstić information content (AvgIpc) is 3.44. The Hall–Kier alpha value is -3.46. The van der Waals surface area contributed by atoms with Crippen LogP contribution in [0.5, 0.6) is 11.5 Å². The second-order valence-electron chi connectivity index (χ2n) is 7.03. The summed E-state index contributed by atoms with van der Waals surface area (Å²) in [6, 6.07) is 20.4. The van der Waals surface area contributed by atoms with Crippen molar-refractivity contribution in [1.29, 1.82) is 0 Å². The fourth-order valence-electron chi connectivity index (χ4n) is 3.38. The highest BCUT2D eigenvalue weighted by atomic mass is 32.2. The number of nitrogens with zero attached hydrogens (tertiary/aromatic N) is 3. The number of ether oxygens (including phenoxy) is 2. The topological polar surface area (TPSA) is 49.2 Å². The zero-order valence-electron chi connectivity index (χ0n) is 16.5. The molecule has 0 saturated carbocycles. The molecule has 0 spiro atoms. The van der Waals surface area contributed by atoms with Crippen LogP contribution < -0.4 is 9.47 Å². The molecular formula is C23H16F3N3O2S. The van der Waals surface area contributed by atoms with Gasteiger partial charge in [-0.2, -0.15) is 13.2 Å². The first-order chi connectivity index (χ1) is 15.5. The molecule has 0 N–H and O–H groups in total. The molecule has 162 valence electrons. The zero-order chi connectivity index (χ0) is 22.1. The summed E-state index contributed by atoms with van der Waals surface area (Å²) in [6.45, 7) is 0.169. The Labute approximate surface area is 185 Å². The lowest BCUT2D eigenvalue weighted by Crippen LogP contribution is -2.05. The monoisotopic (exact) mass is 455 g/mol.